The van der Waals surface area contributed by atoms with E-state index >= 15 is 0 Å². The number of nitrogens with one attached hydrogen (secondary N) is 1. The topological polar surface area (TPSA) is 48.3 Å². The van der Waals surface area contributed by atoms with Crippen molar-refractivity contribution >= 4 is 0 Å². The standard InChI is InChI=1S/C16H23N3O2/c1-5-13-9-14(19(3)18-13)11-21-16-8-12(10-17-2)6-7-15(16)20-4/h6-9,17H,5,10-11H2,1-4H3. The van der Waals surface area contributed by atoms with Crippen molar-refractivity contribution in [3.63, 3.8) is 0 Å². The van der Waals surface area contributed by atoms with Crippen LogP contribution >= 0.6 is 0 Å². The lowest BCUT2D eigenvalue weighted by Gasteiger charge is -2.12. The Morgan fingerprint density at radius 3 is 2.67 bits per heavy atom. The van der Waals surface area contributed by atoms with Crippen LogP contribution in [0.5, 0.6) is 11.5 Å². The smallest absolute Gasteiger partial charge is 0.162 e. The second kappa shape index (κ2) is 7.13. The number of methoxy groups -OCH3 is 1. The average molecular weight is 289 g/mol. The summed E-state index contributed by atoms with van der Waals surface area (Å²) in [7, 11) is 5.51. The van der Waals surface area contributed by atoms with Crippen LogP contribution in [0.1, 0.15) is 23.9 Å². The second-order valence-electron chi connectivity index (χ2n) is 4.91. The Hall–Kier alpha value is -2.01. The van der Waals surface area contributed by atoms with Crippen molar-refractivity contribution in [2.45, 2.75) is 26.5 Å². The fraction of sp³-hybridized carbons (Fsp3) is 0.438. The Kier molecular flexibility index (Phi) is 5.22. The molecule has 0 aliphatic carbocycles. The molecule has 0 atom stereocenters. The molecule has 1 aromatic carbocycles. The first kappa shape index (κ1) is 15.4. The van der Waals surface area contributed by atoms with Crippen molar-refractivity contribution in [3.05, 3.63) is 41.2 Å². The van der Waals surface area contributed by atoms with Gasteiger partial charge in [0.1, 0.15) is 6.61 Å². The summed E-state index contributed by atoms with van der Waals surface area (Å²) in [5, 5.41) is 7.56. The first-order valence-corrected chi connectivity index (χ1v) is 7.14. The molecule has 0 radical (unpaired) electrons. The van der Waals surface area contributed by atoms with Gasteiger partial charge in [0.15, 0.2) is 11.5 Å². The highest BCUT2D eigenvalue weighted by atomic mass is 16.5. The summed E-state index contributed by atoms with van der Waals surface area (Å²) in [5.74, 6) is 1.50. The van der Waals surface area contributed by atoms with E-state index in [4.69, 9.17) is 9.47 Å². The number of benzene rings is 1. The van der Waals surface area contributed by atoms with Crippen LogP contribution in [0.2, 0.25) is 0 Å². The minimum Gasteiger partial charge on any atom is -0.493 e. The molecule has 114 valence electrons. The van der Waals surface area contributed by atoms with Gasteiger partial charge in [-0.05, 0) is 37.2 Å². The molecular weight excluding hydrogens is 266 g/mol. The molecule has 5 heteroatoms. The third kappa shape index (κ3) is 3.76. The van der Waals surface area contributed by atoms with Crippen LogP contribution in [0.15, 0.2) is 24.3 Å². The van der Waals surface area contributed by atoms with Gasteiger partial charge in [0, 0.05) is 13.6 Å². The summed E-state index contributed by atoms with van der Waals surface area (Å²) >= 11 is 0. The summed E-state index contributed by atoms with van der Waals surface area (Å²) < 4.78 is 13.1. The number of nitrogens with zero attached hydrogens (tertiary/aromatic N) is 2. The molecule has 0 aliphatic rings. The zero-order valence-electron chi connectivity index (χ0n) is 13.1. The lowest BCUT2D eigenvalue weighted by molar-refractivity contribution is 0.275. The molecule has 5 nitrogen and oxygen atoms in total. The largest absolute Gasteiger partial charge is 0.493 e. The summed E-state index contributed by atoms with van der Waals surface area (Å²) in [6, 6.07) is 8.04. The van der Waals surface area contributed by atoms with Crippen LogP contribution in [0.25, 0.3) is 0 Å². The molecule has 0 saturated carbocycles. The zero-order valence-corrected chi connectivity index (χ0v) is 13.1. The lowest BCUT2D eigenvalue weighted by Crippen LogP contribution is -2.07. The number of rotatable bonds is 7. The van der Waals surface area contributed by atoms with Crippen LogP contribution in [-0.2, 0) is 26.6 Å². The van der Waals surface area contributed by atoms with E-state index in [1.807, 2.05) is 37.0 Å². The monoisotopic (exact) mass is 289 g/mol. The second-order valence-corrected chi connectivity index (χ2v) is 4.91. The lowest BCUT2D eigenvalue weighted by atomic mass is 10.2. The fourth-order valence-corrected chi connectivity index (χ4v) is 2.18. The predicted octanol–water partition coefficient (Wildman–Crippen LogP) is 2.29. The fourth-order valence-electron chi connectivity index (χ4n) is 2.18. The van der Waals surface area contributed by atoms with Crippen molar-refractivity contribution in [2.24, 2.45) is 7.05 Å². The van der Waals surface area contributed by atoms with Crippen molar-refractivity contribution in [1.29, 1.82) is 0 Å². The van der Waals surface area contributed by atoms with Crippen LogP contribution in [0.3, 0.4) is 0 Å². The molecule has 0 saturated heterocycles. The van der Waals surface area contributed by atoms with Gasteiger partial charge in [-0.2, -0.15) is 5.10 Å². The van der Waals surface area contributed by atoms with E-state index in [1.165, 1.54) is 0 Å². The Morgan fingerprint density at radius 1 is 1.24 bits per heavy atom. The molecule has 0 bridgehead atoms. The Morgan fingerprint density at radius 2 is 2.05 bits per heavy atom. The van der Waals surface area contributed by atoms with Gasteiger partial charge in [-0.1, -0.05) is 13.0 Å². The van der Waals surface area contributed by atoms with Gasteiger partial charge in [-0.25, -0.2) is 0 Å². The zero-order chi connectivity index (χ0) is 15.2. The predicted molar refractivity (Wildman–Crippen MR) is 82.7 cm³/mol. The van der Waals surface area contributed by atoms with Crippen LogP contribution < -0.4 is 14.8 Å². The third-order valence-electron chi connectivity index (χ3n) is 3.37. The first-order valence-electron chi connectivity index (χ1n) is 7.14. The molecule has 21 heavy (non-hydrogen) atoms. The van der Waals surface area contributed by atoms with Gasteiger partial charge in [-0.3, -0.25) is 4.68 Å². The van der Waals surface area contributed by atoms with E-state index in [1.54, 1.807) is 7.11 Å². The first-order chi connectivity index (χ1) is 10.2. The summed E-state index contributed by atoms with van der Waals surface area (Å²) in [5.41, 5.74) is 3.28. The van der Waals surface area contributed by atoms with E-state index in [0.717, 1.165) is 41.4 Å². The molecule has 0 fully saturated rings. The number of hydrogen-bond acceptors (Lipinski definition) is 4. The number of aryl methyl sites for hydroxylation is 2. The molecule has 0 spiro atoms. The van der Waals surface area contributed by atoms with Crippen LogP contribution in [0, 0.1) is 0 Å². The van der Waals surface area contributed by atoms with E-state index in [2.05, 4.69) is 23.4 Å². The number of hydrogen-bond donors (Lipinski definition) is 1. The van der Waals surface area contributed by atoms with Crippen molar-refractivity contribution in [1.82, 2.24) is 15.1 Å². The van der Waals surface area contributed by atoms with Crippen LogP contribution in [0.4, 0.5) is 0 Å². The van der Waals surface area contributed by atoms with E-state index in [0.29, 0.717) is 6.61 Å². The van der Waals surface area contributed by atoms with Crippen molar-refractivity contribution < 1.29 is 9.47 Å². The molecular formula is C16H23N3O2. The van der Waals surface area contributed by atoms with Gasteiger partial charge in [-0.15, -0.1) is 0 Å². The molecule has 0 unspecified atom stereocenters. The minimum atomic E-state index is 0.475. The van der Waals surface area contributed by atoms with Gasteiger partial charge in [0.05, 0.1) is 18.5 Å². The highest BCUT2D eigenvalue weighted by molar-refractivity contribution is 5.43. The maximum absolute atomic E-state index is 5.93. The SMILES string of the molecule is CCc1cc(COc2cc(CNC)ccc2OC)n(C)n1. The van der Waals surface area contributed by atoms with E-state index < -0.39 is 0 Å². The van der Waals surface area contributed by atoms with Crippen molar-refractivity contribution in [3.8, 4) is 11.5 Å². The molecule has 1 N–H and O–H groups in total. The maximum Gasteiger partial charge on any atom is 0.162 e. The Balaban J connectivity index is 2.13. The van der Waals surface area contributed by atoms with Crippen LogP contribution in [-0.4, -0.2) is 23.9 Å². The quantitative estimate of drug-likeness (QED) is 0.849. The van der Waals surface area contributed by atoms with E-state index in [-0.39, 0.29) is 0 Å². The summed E-state index contributed by atoms with van der Waals surface area (Å²) in [6.45, 7) is 3.37. The highest BCUT2D eigenvalue weighted by Crippen LogP contribution is 2.28. The molecule has 0 aliphatic heterocycles. The molecule has 1 heterocycles. The molecule has 2 aromatic rings. The minimum absolute atomic E-state index is 0.475. The Labute approximate surface area is 125 Å². The number of ether oxygens (including phenoxy) is 2. The van der Waals surface area contributed by atoms with Gasteiger partial charge < -0.3 is 14.8 Å². The van der Waals surface area contributed by atoms with Gasteiger partial charge in [0.25, 0.3) is 0 Å². The van der Waals surface area contributed by atoms with Crippen molar-refractivity contribution in [2.75, 3.05) is 14.2 Å². The summed E-state index contributed by atoms with van der Waals surface area (Å²) in [6.07, 6.45) is 0.925. The van der Waals surface area contributed by atoms with Gasteiger partial charge >= 0.3 is 0 Å². The normalized spacial score (nSPS) is 10.7. The highest BCUT2D eigenvalue weighted by Gasteiger charge is 2.09. The molecule has 0 amide bonds. The summed E-state index contributed by atoms with van der Waals surface area (Å²) in [4.78, 5) is 0. The molecule has 1 aromatic heterocycles. The van der Waals surface area contributed by atoms with Gasteiger partial charge in [0.2, 0.25) is 0 Å². The number of aromatic nitrogens is 2. The molecule has 2 rings (SSSR count). The maximum atomic E-state index is 5.93. The van der Waals surface area contributed by atoms with E-state index in [9.17, 15) is 0 Å². The average Bonchev–Trinajstić information content (AvgIpc) is 2.86. The Bertz CT molecular complexity index is 593. The third-order valence-corrected chi connectivity index (χ3v) is 3.37.